The second kappa shape index (κ2) is 5.41. The zero-order valence-corrected chi connectivity index (χ0v) is 12.7. The van der Waals surface area contributed by atoms with Crippen LogP contribution in [0.4, 0.5) is 16.0 Å². The molecule has 120 valence electrons. The maximum Gasteiger partial charge on any atom is 0.329 e. The Morgan fingerprint density at radius 3 is 3.04 bits per heavy atom. The first-order chi connectivity index (χ1) is 11.7. The summed E-state index contributed by atoms with van der Waals surface area (Å²) in [6, 6.07) is 7.77. The molecule has 0 saturated carbocycles. The van der Waals surface area contributed by atoms with Gasteiger partial charge in [-0.25, -0.2) is 14.2 Å². The number of fused-ring (bicyclic) bond motifs is 2. The van der Waals surface area contributed by atoms with Crippen molar-refractivity contribution in [1.29, 1.82) is 0 Å². The highest BCUT2D eigenvalue weighted by Gasteiger charge is 2.10. The van der Waals surface area contributed by atoms with Crippen molar-refractivity contribution in [3.05, 3.63) is 52.7 Å². The first-order valence-corrected chi connectivity index (χ1v) is 7.29. The third-order valence-corrected chi connectivity index (χ3v) is 3.85. The van der Waals surface area contributed by atoms with Gasteiger partial charge in [-0.3, -0.25) is 14.5 Å². The molecule has 1 aromatic carbocycles. The second-order valence-corrected chi connectivity index (χ2v) is 5.39. The third-order valence-electron chi connectivity index (χ3n) is 3.85. The molecule has 0 amide bonds. The van der Waals surface area contributed by atoms with Crippen molar-refractivity contribution in [2.24, 2.45) is 0 Å². The van der Waals surface area contributed by atoms with Crippen LogP contribution in [0.1, 0.15) is 5.56 Å². The van der Waals surface area contributed by atoms with E-state index in [1.54, 1.807) is 6.20 Å². The minimum absolute atomic E-state index is 0.287. The van der Waals surface area contributed by atoms with Crippen molar-refractivity contribution >= 4 is 33.7 Å². The number of halogens is 1. The van der Waals surface area contributed by atoms with Crippen molar-refractivity contribution in [3.63, 3.8) is 0 Å². The van der Waals surface area contributed by atoms with Crippen molar-refractivity contribution in [2.75, 3.05) is 5.32 Å². The summed E-state index contributed by atoms with van der Waals surface area (Å²) >= 11 is 0. The molecular weight excluding hydrogens is 311 g/mol. The van der Waals surface area contributed by atoms with Gasteiger partial charge in [-0.2, -0.15) is 4.98 Å². The fourth-order valence-electron chi connectivity index (χ4n) is 2.60. The SMILES string of the molecule is Cc1cc2ncccc2cc1Nc1ncc2c(n1)[nH]c(=O)n2CF. The van der Waals surface area contributed by atoms with Crippen LogP contribution in [0.3, 0.4) is 0 Å². The lowest BCUT2D eigenvalue weighted by atomic mass is 10.1. The molecular formula is C16H13FN6O. The molecule has 8 heteroatoms. The molecule has 24 heavy (non-hydrogen) atoms. The predicted octanol–water partition coefficient (Wildman–Crippen LogP) is 2.65. The Labute approximate surface area is 135 Å². The van der Waals surface area contributed by atoms with Gasteiger partial charge in [0.15, 0.2) is 12.4 Å². The molecule has 0 fully saturated rings. The number of H-pyrrole nitrogens is 1. The van der Waals surface area contributed by atoms with Gasteiger partial charge < -0.3 is 5.32 Å². The fraction of sp³-hybridized carbons (Fsp3) is 0.125. The Hall–Kier alpha value is -3.29. The molecule has 0 unspecified atom stereocenters. The number of imidazole rings is 1. The van der Waals surface area contributed by atoms with Crippen LogP contribution in [0.5, 0.6) is 0 Å². The lowest BCUT2D eigenvalue weighted by Crippen LogP contribution is -2.14. The van der Waals surface area contributed by atoms with Gasteiger partial charge in [-0.1, -0.05) is 6.07 Å². The van der Waals surface area contributed by atoms with Crippen LogP contribution >= 0.6 is 0 Å². The van der Waals surface area contributed by atoms with Crippen LogP contribution in [0.2, 0.25) is 0 Å². The molecule has 0 aliphatic heterocycles. The minimum Gasteiger partial charge on any atom is -0.324 e. The van der Waals surface area contributed by atoms with Gasteiger partial charge in [0.1, 0.15) is 5.52 Å². The molecule has 0 aliphatic carbocycles. The largest absolute Gasteiger partial charge is 0.329 e. The first kappa shape index (κ1) is 14.3. The molecule has 4 rings (SSSR count). The normalized spacial score (nSPS) is 11.2. The number of aryl methyl sites for hydroxylation is 1. The van der Waals surface area contributed by atoms with E-state index in [2.05, 4.69) is 25.3 Å². The molecule has 2 N–H and O–H groups in total. The average Bonchev–Trinajstić information content (AvgIpc) is 2.89. The fourth-order valence-corrected chi connectivity index (χ4v) is 2.60. The number of aromatic nitrogens is 5. The van der Waals surface area contributed by atoms with Gasteiger partial charge in [0.2, 0.25) is 5.95 Å². The number of hydrogen-bond acceptors (Lipinski definition) is 5. The molecule has 7 nitrogen and oxygen atoms in total. The third kappa shape index (κ3) is 2.28. The van der Waals surface area contributed by atoms with Crippen molar-refractivity contribution < 1.29 is 4.39 Å². The molecule has 0 radical (unpaired) electrons. The highest BCUT2D eigenvalue weighted by atomic mass is 19.1. The van der Waals surface area contributed by atoms with Gasteiger partial charge in [-0.15, -0.1) is 0 Å². The molecule has 0 saturated heterocycles. The second-order valence-electron chi connectivity index (χ2n) is 5.39. The van der Waals surface area contributed by atoms with E-state index in [9.17, 15) is 9.18 Å². The maximum absolute atomic E-state index is 12.9. The number of benzene rings is 1. The van der Waals surface area contributed by atoms with Crippen molar-refractivity contribution in [2.45, 2.75) is 13.7 Å². The highest BCUT2D eigenvalue weighted by Crippen LogP contribution is 2.24. The van der Waals surface area contributed by atoms with Gasteiger partial charge in [0, 0.05) is 17.3 Å². The smallest absolute Gasteiger partial charge is 0.324 e. The van der Waals surface area contributed by atoms with Crippen LogP contribution in [-0.2, 0) is 6.80 Å². The molecule has 0 spiro atoms. The monoisotopic (exact) mass is 324 g/mol. The van der Waals surface area contributed by atoms with E-state index < -0.39 is 12.5 Å². The number of nitrogens with zero attached hydrogens (tertiary/aromatic N) is 4. The zero-order valence-electron chi connectivity index (χ0n) is 12.7. The number of pyridine rings is 1. The van der Waals surface area contributed by atoms with Crippen LogP contribution in [0, 0.1) is 6.92 Å². The Balaban J connectivity index is 1.76. The summed E-state index contributed by atoms with van der Waals surface area (Å²) in [6.45, 7) is 1.03. The van der Waals surface area contributed by atoms with E-state index in [-0.39, 0.29) is 5.65 Å². The number of nitrogens with one attached hydrogen (secondary N) is 2. The van der Waals surface area contributed by atoms with Gasteiger partial charge in [0.25, 0.3) is 0 Å². The Kier molecular flexibility index (Phi) is 3.23. The predicted molar refractivity (Wildman–Crippen MR) is 89.0 cm³/mol. The lowest BCUT2D eigenvalue weighted by molar-refractivity contribution is 0.377. The van der Waals surface area contributed by atoms with E-state index >= 15 is 0 Å². The summed E-state index contributed by atoms with van der Waals surface area (Å²) in [5.74, 6) is 0.320. The van der Waals surface area contributed by atoms with Crippen LogP contribution in [0.25, 0.3) is 22.1 Å². The summed E-state index contributed by atoms with van der Waals surface area (Å²) in [5, 5.41) is 4.12. The summed E-state index contributed by atoms with van der Waals surface area (Å²) in [5.41, 5.74) is 2.79. The average molecular weight is 324 g/mol. The number of anilines is 2. The molecule has 0 atom stereocenters. The van der Waals surface area contributed by atoms with Crippen LogP contribution < -0.4 is 11.0 Å². The number of hydrogen-bond donors (Lipinski definition) is 2. The van der Waals surface area contributed by atoms with Gasteiger partial charge >= 0.3 is 5.69 Å². The van der Waals surface area contributed by atoms with Crippen molar-refractivity contribution in [3.8, 4) is 0 Å². The van der Waals surface area contributed by atoms with Gasteiger partial charge in [0.05, 0.1) is 11.7 Å². The van der Waals surface area contributed by atoms with E-state index in [1.165, 1.54) is 6.20 Å². The quantitative estimate of drug-likeness (QED) is 0.605. The highest BCUT2D eigenvalue weighted by molar-refractivity contribution is 5.85. The van der Waals surface area contributed by atoms with Crippen LogP contribution in [0.15, 0.2) is 41.5 Å². The van der Waals surface area contributed by atoms with E-state index in [0.717, 1.165) is 26.7 Å². The molecule has 0 aliphatic rings. The summed E-state index contributed by atoms with van der Waals surface area (Å²) < 4.78 is 13.8. The summed E-state index contributed by atoms with van der Waals surface area (Å²) in [6.07, 6.45) is 3.16. The van der Waals surface area contributed by atoms with Crippen LogP contribution in [-0.4, -0.2) is 24.5 Å². The Morgan fingerprint density at radius 1 is 1.33 bits per heavy atom. The number of alkyl halides is 1. The number of rotatable bonds is 3. The summed E-state index contributed by atoms with van der Waals surface area (Å²) in [7, 11) is 0. The minimum atomic E-state index is -0.925. The first-order valence-electron chi connectivity index (χ1n) is 7.29. The molecule has 3 heterocycles. The molecule has 3 aromatic heterocycles. The standard InChI is InChI=1S/C16H13FN6O/c1-9-5-12-10(3-2-4-18-12)6-11(9)20-15-19-7-13-14(21-15)22-16(24)23(13)8-17/h2-7H,8H2,1H3,(H2,19,20,21,22,24). The molecule has 4 aromatic rings. The Bertz CT molecular complexity index is 1120. The van der Waals surface area contributed by atoms with E-state index in [0.29, 0.717) is 11.5 Å². The molecule has 0 bridgehead atoms. The van der Waals surface area contributed by atoms with E-state index in [4.69, 9.17) is 0 Å². The van der Waals surface area contributed by atoms with Crippen molar-refractivity contribution in [1.82, 2.24) is 24.5 Å². The number of aromatic amines is 1. The Morgan fingerprint density at radius 2 is 2.21 bits per heavy atom. The zero-order chi connectivity index (χ0) is 16.7. The lowest BCUT2D eigenvalue weighted by Gasteiger charge is -2.09. The summed E-state index contributed by atoms with van der Waals surface area (Å²) in [4.78, 5) is 26.8. The van der Waals surface area contributed by atoms with Gasteiger partial charge in [-0.05, 0) is 30.7 Å². The van der Waals surface area contributed by atoms with E-state index in [1.807, 2.05) is 31.2 Å². The topological polar surface area (TPSA) is 88.5 Å². The maximum atomic E-state index is 12.9.